The van der Waals surface area contributed by atoms with E-state index in [1.807, 2.05) is 35.2 Å². The molecule has 2 amide bonds. The highest BCUT2D eigenvalue weighted by molar-refractivity contribution is 5.89. The van der Waals surface area contributed by atoms with Crippen molar-refractivity contribution in [2.75, 3.05) is 13.7 Å². The number of aromatic nitrogens is 2. The lowest BCUT2D eigenvalue weighted by Gasteiger charge is -2.54. The van der Waals surface area contributed by atoms with Gasteiger partial charge in [0.1, 0.15) is 11.8 Å². The van der Waals surface area contributed by atoms with Crippen LogP contribution < -0.4 is 10.1 Å². The van der Waals surface area contributed by atoms with Crippen LogP contribution in [0.2, 0.25) is 0 Å². The Bertz CT molecular complexity index is 1160. The first kappa shape index (κ1) is 24.1. The van der Waals surface area contributed by atoms with Crippen LogP contribution >= 0.6 is 0 Å². The number of nitrogens with one attached hydrogen (secondary N) is 2. The molecule has 1 aliphatic heterocycles. The number of carbonyl (C=O) groups excluding carboxylic acids is 2. The van der Waals surface area contributed by atoms with Crippen molar-refractivity contribution >= 4 is 11.8 Å². The molecular weight excluding hydrogens is 452 g/mol. The predicted molar refractivity (Wildman–Crippen MR) is 137 cm³/mol. The van der Waals surface area contributed by atoms with Gasteiger partial charge >= 0.3 is 0 Å². The van der Waals surface area contributed by atoms with Crippen LogP contribution in [0.4, 0.5) is 0 Å². The molecule has 188 valence electrons. The zero-order valence-corrected chi connectivity index (χ0v) is 20.8. The molecule has 36 heavy (non-hydrogen) atoms. The molecule has 2 atom stereocenters. The number of H-pyrrole nitrogens is 1. The standard InChI is InChI=1S/C29H34N4O3/c1-36-25-12-9-21(10-13-25)17-26(32-27(34)14-11-24-19-30-20-31-24)28(35)33-16-15-29(33,18-22-7-8-22)23-5-3-2-4-6-23/h2-6,9-10,12-13,19-20,22,26H,7-8,11,14-18H2,1H3,(H,30,31)(H,32,34)/t26-,29-/m1/s1. The molecule has 7 heteroatoms. The van der Waals surface area contributed by atoms with E-state index in [0.717, 1.165) is 29.8 Å². The lowest BCUT2D eigenvalue weighted by Crippen LogP contribution is -2.64. The summed E-state index contributed by atoms with van der Waals surface area (Å²) < 4.78 is 5.28. The average Bonchev–Trinajstić information content (AvgIpc) is 3.56. The number of hydrogen-bond donors (Lipinski definition) is 2. The number of amides is 2. The Hall–Kier alpha value is -3.61. The predicted octanol–water partition coefficient (Wildman–Crippen LogP) is 4.01. The van der Waals surface area contributed by atoms with E-state index in [4.69, 9.17) is 4.74 Å². The van der Waals surface area contributed by atoms with Gasteiger partial charge in [0.15, 0.2) is 0 Å². The summed E-state index contributed by atoms with van der Waals surface area (Å²) in [6.07, 6.45) is 9.05. The molecular formula is C29H34N4O3. The van der Waals surface area contributed by atoms with Gasteiger partial charge in [0.05, 0.1) is 24.7 Å². The summed E-state index contributed by atoms with van der Waals surface area (Å²) >= 11 is 0. The highest BCUT2D eigenvalue weighted by Crippen LogP contribution is 2.50. The molecule has 0 spiro atoms. The lowest BCUT2D eigenvalue weighted by atomic mass is 9.73. The zero-order valence-electron chi connectivity index (χ0n) is 20.8. The van der Waals surface area contributed by atoms with Gasteiger partial charge in [0.2, 0.25) is 11.8 Å². The van der Waals surface area contributed by atoms with Gasteiger partial charge in [0, 0.05) is 25.6 Å². The molecule has 1 aliphatic carbocycles. The van der Waals surface area contributed by atoms with E-state index in [9.17, 15) is 9.59 Å². The summed E-state index contributed by atoms with van der Waals surface area (Å²) in [5.74, 6) is 1.29. The monoisotopic (exact) mass is 486 g/mol. The Morgan fingerprint density at radius 1 is 1.17 bits per heavy atom. The Morgan fingerprint density at radius 3 is 2.56 bits per heavy atom. The molecule has 1 saturated carbocycles. The van der Waals surface area contributed by atoms with Gasteiger partial charge in [-0.3, -0.25) is 9.59 Å². The Morgan fingerprint density at radius 2 is 1.94 bits per heavy atom. The minimum Gasteiger partial charge on any atom is -0.497 e. The molecule has 5 rings (SSSR count). The molecule has 1 saturated heterocycles. The van der Waals surface area contributed by atoms with Crippen molar-refractivity contribution < 1.29 is 14.3 Å². The number of aryl methyl sites for hydroxylation is 1. The first-order chi connectivity index (χ1) is 17.6. The quantitative estimate of drug-likeness (QED) is 0.429. The maximum absolute atomic E-state index is 14.1. The number of imidazole rings is 1. The fourth-order valence-electron chi connectivity index (χ4n) is 5.31. The number of likely N-dealkylation sites (tertiary alicyclic amines) is 1. The number of aromatic amines is 1. The van der Waals surface area contributed by atoms with E-state index in [1.165, 1.54) is 18.4 Å². The van der Waals surface area contributed by atoms with Crippen molar-refractivity contribution in [2.24, 2.45) is 5.92 Å². The van der Waals surface area contributed by atoms with Crippen LogP contribution in [0.3, 0.4) is 0 Å². The Balaban J connectivity index is 1.36. The maximum atomic E-state index is 14.1. The number of hydrogen-bond acceptors (Lipinski definition) is 4. The first-order valence-corrected chi connectivity index (χ1v) is 12.8. The molecule has 1 aromatic heterocycles. The number of methoxy groups -OCH3 is 1. The smallest absolute Gasteiger partial charge is 0.246 e. The largest absolute Gasteiger partial charge is 0.497 e. The van der Waals surface area contributed by atoms with Gasteiger partial charge in [0.25, 0.3) is 0 Å². The van der Waals surface area contributed by atoms with E-state index < -0.39 is 6.04 Å². The number of carbonyl (C=O) groups is 2. The number of rotatable bonds is 11. The second kappa shape index (κ2) is 10.6. The van der Waals surface area contributed by atoms with Crippen molar-refractivity contribution in [3.8, 4) is 5.75 Å². The van der Waals surface area contributed by atoms with Gasteiger partial charge in [-0.15, -0.1) is 0 Å². The second-order valence-electron chi connectivity index (χ2n) is 10.0. The normalized spacial score (nSPS) is 19.9. The molecule has 2 heterocycles. The summed E-state index contributed by atoms with van der Waals surface area (Å²) in [6, 6.07) is 17.5. The molecule has 7 nitrogen and oxygen atoms in total. The maximum Gasteiger partial charge on any atom is 0.246 e. The topological polar surface area (TPSA) is 87.3 Å². The zero-order chi connectivity index (χ0) is 25.0. The minimum atomic E-state index is -0.632. The van der Waals surface area contributed by atoms with Gasteiger partial charge in [-0.1, -0.05) is 55.3 Å². The van der Waals surface area contributed by atoms with Crippen molar-refractivity contribution in [1.29, 1.82) is 0 Å². The van der Waals surface area contributed by atoms with Crippen LogP contribution in [-0.4, -0.2) is 46.4 Å². The molecule has 0 radical (unpaired) electrons. The van der Waals surface area contributed by atoms with Crippen molar-refractivity contribution in [2.45, 2.75) is 56.5 Å². The lowest BCUT2D eigenvalue weighted by molar-refractivity contribution is -0.153. The van der Waals surface area contributed by atoms with Crippen LogP contribution in [0.15, 0.2) is 67.1 Å². The molecule has 2 fully saturated rings. The van der Waals surface area contributed by atoms with Crippen LogP contribution in [0.5, 0.6) is 5.75 Å². The Kier molecular flexibility index (Phi) is 7.07. The van der Waals surface area contributed by atoms with E-state index in [2.05, 4.69) is 39.6 Å². The van der Waals surface area contributed by atoms with E-state index in [0.29, 0.717) is 25.3 Å². The van der Waals surface area contributed by atoms with Crippen LogP contribution in [0.25, 0.3) is 0 Å². The third-order valence-electron chi connectivity index (χ3n) is 7.56. The van der Waals surface area contributed by atoms with Gasteiger partial charge in [-0.2, -0.15) is 0 Å². The summed E-state index contributed by atoms with van der Waals surface area (Å²) in [5.41, 5.74) is 2.73. The molecule has 2 aromatic carbocycles. The summed E-state index contributed by atoms with van der Waals surface area (Å²) in [5, 5.41) is 3.06. The number of ether oxygens (including phenoxy) is 1. The highest BCUT2D eigenvalue weighted by Gasteiger charge is 2.52. The third kappa shape index (κ3) is 5.30. The van der Waals surface area contributed by atoms with Gasteiger partial charge in [-0.05, 0) is 48.4 Å². The molecule has 2 N–H and O–H groups in total. The van der Waals surface area contributed by atoms with Crippen molar-refractivity contribution in [1.82, 2.24) is 20.2 Å². The molecule has 2 aliphatic rings. The SMILES string of the molecule is COc1ccc(C[C@@H](NC(=O)CCc2c[nH]cn2)C(=O)N2CC[C@@]2(CC2CC2)c2ccccc2)cc1. The first-order valence-electron chi connectivity index (χ1n) is 12.8. The van der Waals surface area contributed by atoms with E-state index in [1.54, 1.807) is 19.6 Å². The highest BCUT2D eigenvalue weighted by atomic mass is 16.5. The Labute approximate surface area is 212 Å². The van der Waals surface area contributed by atoms with Crippen molar-refractivity contribution in [3.05, 3.63) is 83.9 Å². The third-order valence-corrected chi connectivity index (χ3v) is 7.56. The number of nitrogens with zero attached hydrogens (tertiary/aromatic N) is 2. The average molecular weight is 487 g/mol. The number of benzene rings is 2. The van der Waals surface area contributed by atoms with E-state index in [-0.39, 0.29) is 23.8 Å². The fraction of sp³-hybridized carbons (Fsp3) is 0.414. The molecule has 0 unspecified atom stereocenters. The molecule has 0 bridgehead atoms. The minimum absolute atomic E-state index is 0.00492. The summed E-state index contributed by atoms with van der Waals surface area (Å²) in [6.45, 7) is 0.711. The summed E-state index contributed by atoms with van der Waals surface area (Å²) in [4.78, 5) is 36.2. The summed E-state index contributed by atoms with van der Waals surface area (Å²) in [7, 11) is 1.63. The van der Waals surface area contributed by atoms with Gasteiger partial charge < -0.3 is 19.9 Å². The van der Waals surface area contributed by atoms with Crippen molar-refractivity contribution in [3.63, 3.8) is 0 Å². The van der Waals surface area contributed by atoms with Gasteiger partial charge in [-0.25, -0.2) is 4.98 Å². The second-order valence-corrected chi connectivity index (χ2v) is 10.0. The molecule has 3 aromatic rings. The van der Waals surface area contributed by atoms with Crippen LogP contribution in [0, 0.1) is 5.92 Å². The van der Waals surface area contributed by atoms with Crippen LogP contribution in [-0.2, 0) is 28.0 Å². The fourth-order valence-corrected chi connectivity index (χ4v) is 5.31. The van der Waals surface area contributed by atoms with E-state index >= 15 is 0 Å². The van der Waals surface area contributed by atoms with Crippen LogP contribution in [0.1, 0.15) is 48.9 Å².